The van der Waals surface area contributed by atoms with Gasteiger partial charge < -0.3 is 14.4 Å². The van der Waals surface area contributed by atoms with E-state index in [0.29, 0.717) is 27.4 Å². The zero-order chi connectivity index (χ0) is 30.1. The number of hydrogen-bond acceptors (Lipinski definition) is 3. The van der Waals surface area contributed by atoms with Gasteiger partial charge in [-0.1, -0.05) is 55.1 Å². The molecule has 1 aromatic heterocycles. The van der Waals surface area contributed by atoms with Gasteiger partial charge in [0.25, 0.3) is 0 Å². The van der Waals surface area contributed by atoms with Gasteiger partial charge in [-0.15, -0.1) is 0 Å². The van der Waals surface area contributed by atoms with Crippen LogP contribution in [0.25, 0.3) is 33.5 Å². The van der Waals surface area contributed by atoms with Crippen LogP contribution in [0.5, 0.6) is 5.75 Å². The predicted octanol–water partition coefficient (Wildman–Crippen LogP) is 9.82. The van der Waals surface area contributed by atoms with Crippen LogP contribution in [0.2, 0.25) is 5.02 Å². The second kappa shape index (κ2) is 11.8. The summed E-state index contributed by atoms with van der Waals surface area (Å²) in [6, 6.07) is 22.9. The maximum Gasteiger partial charge on any atom is 0.417 e. The molecule has 0 atom stereocenters. The first-order chi connectivity index (χ1) is 20.7. The minimum atomic E-state index is -4.51. The number of halogens is 4. The quantitative estimate of drug-likeness (QED) is 0.201. The largest absolute Gasteiger partial charge is 0.489 e. The highest BCUT2D eigenvalue weighted by Gasteiger charge is 2.33. The fourth-order valence-electron chi connectivity index (χ4n) is 5.92. The molecule has 5 aromatic rings. The van der Waals surface area contributed by atoms with Crippen molar-refractivity contribution in [2.24, 2.45) is 0 Å². The molecular formula is C34H28ClF3N2O3. The third kappa shape index (κ3) is 5.97. The van der Waals surface area contributed by atoms with Gasteiger partial charge in [-0.05, 0) is 90.2 Å². The average Bonchev–Trinajstić information content (AvgIpc) is 3.39. The lowest BCUT2D eigenvalue weighted by Gasteiger charge is -2.25. The highest BCUT2D eigenvalue weighted by Crippen LogP contribution is 2.40. The number of benzene rings is 4. The minimum Gasteiger partial charge on any atom is -0.489 e. The number of nitrogens with zero attached hydrogens (tertiary/aromatic N) is 2. The Balaban J connectivity index is 1.30. The molecular weight excluding hydrogens is 577 g/mol. The zero-order valence-electron chi connectivity index (χ0n) is 23.1. The molecule has 43 heavy (non-hydrogen) atoms. The predicted molar refractivity (Wildman–Crippen MR) is 160 cm³/mol. The van der Waals surface area contributed by atoms with Crippen molar-refractivity contribution in [3.05, 3.63) is 107 Å². The third-order valence-corrected chi connectivity index (χ3v) is 8.21. The van der Waals surface area contributed by atoms with Gasteiger partial charge in [0.1, 0.15) is 18.2 Å². The molecule has 1 saturated carbocycles. The number of carboxylic acid groups (broad SMARTS) is 1. The summed E-state index contributed by atoms with van der Waals surface area (Å²) in [5, 5.41) is 9.89. The van der Waals surface area contributed by atoms with Crippen LogP contribution in [-0.4, -0.2) is 20.6 Å². The van der Waals surface area contributed by atoms with Crippen molar-refractivity contribution in [2.75, 3.05) is 0 Å². The lowest BCUT2D eigenvalue weighted by Crippen LogP contribution is -2.14. The normalized spacial score (nSPS) is 14.2. The molecule has 0 unspecified atom stereocenters. The highest BCUT2D eigenvalue weighted by molar-refractivity contribution is 6.30. The number of fused-ring (bicyclic) bond motifs is 1. The van der Waals surface area contributed by atoms with Gasteiger partial charge in [0.15, 0.2) is 0 Å². The molecule has 1 fully saturated rings. The molecule has 0 saturated heterocycles. The summed E-state index contributed by atoms with van der Waals surface area (Å²) in [6.45, 7) is 0.0139. The molecule has 5 nitrogen and oxygen atoms in total. The van der Waals surface area contributed by atoms with E-state index in [4.69, 9.17) is 21.3 Å². The monoisotopic (exact) mass is 604 g/mol. The van der Waals surface area contributed by atoms with Crippen LogP contribution in [0.4, 0.5) is 13.2 Å². The number of ether oxygens (including phenoxy) is 1. The Kier molecular flexibility index (Phi) is 7.88. The maximum atomic E-state index is 13.8. The van der Waals surface area contributed by atoms with E-state index in [0.717, 1.165) is 48.7 Å². The number of rotatable bonds is 7. The van der Waals surface area contributed by atoms with Crippen molar-refractivity contribution in [2.45, 2.75) is 50.9 Å². The molecule has 6 rings (SSSR count). The fraction of sp³-hybridized carbons (Fsp3) is 0.235. The Bertz CT molecular complexity index is 1790. The van der Waals surface area contributed by atoms with Crippen LogP contribution in [0, 0.1) is 0 Å². The summed E-state index contributed by atoms with van der Waals surface area (Å²) < 4.78 is 49.5. The van der Waals surface area contributed by atoms with Crippen molar-refractivity contribution >= 4 is 28.6 Å². The summed E-state index contributed by atoms with van der Waals surface area (Å²) in [4.78, 5) is 16.4. The van der Waals surface area contributed by atoms with E-state index in [1.54, 1.807) is 48.5 Å². The van der Waals surface area contributed by atoms with E-state index in [9.17, 15) is 23.1 Å². The fourth-order valence-corrected chi connectivity index (χ4v) is 6.11. The smallest absolute Gasteiger partial charge is 0.417 e. The van der Waals surface area contributed by atoms with E-state index in [1.165, 1.54) is 18.6 Å². The summed E-state index contributed by atoms with van der Waals surface area (Å²) in [7, 11) is 0. The van der Waals surface area contributed by atoms with Crippen molar-refractivity contribution in [1.82, 2.24) is 9.55 Å². The Hall–Kier alpha value is -4.30. The van der Waals surface area contributed by atoms with E-state index in [2.05, 4.69) is 4.57 Å². The van der Waals surface area contributed by atoms with E-state index in [-0.39, 0.29) is 23.8 Å². The molecule has 0 aliphatic heterocycles. The van der Waals surface area contributed by atoms with Gasteiger partial charge >= 0.3 is 12.1 Å². The van der Waals surface area contributed by atoms with Crippen LogP contribution < -0.4 is 4.74 Å². The number of alkyl halides is 3. The molecule has 1 aliphatic rings. The second-order valence-electron chi connectivity index (χ2n) is 10.8. The number of aromatic carboxylic acids is 1. The molecule has 1 heterocycles. The van der Waals surface area contributed by atoms with Crippen LogP contribution >= 0.6 is 11.6 Å². The highest BCUT2D eigenvalue weighted by atomic mass is 35.5. The number of hydrogen-bond donors (Lipinski definition) is 1. The first-order valence-electron chi connectivity index (χ1n) is 14.1. The first-order valence-corrected chi connectivity index (χ1v) is 14.5. The van der Waals surface area contributed by atoms with Gasteiger partial charge in [-0.3, -0.25) is 0 Å². The third-order valence-electron chi connectivity index (χ3n) is 7.97. The summed E-state index contributed by atoms with van der Waals surface area (Å²) in [5.74, 6) is 0.297. The van der Waals surface area contributed by atoms with E-state index >= 15 is 0 Å². The number of imidazole rings is 1. The van der Waals surface area contributed by atoms with Gasteiger partial charge in [0, 0.05) is 16.6 Å². The number of aromatic nitrogens is 2. The summed E-state index contributed by atoms with van der Waals surface area (Å²) in [5.41, 5.74) is 2.85. The summed E-state index contributed by atoms with van der Waals surface area (Å²) >= 11 is 6.22. The molecule has 220 valence electrons. The minimum absolute atomic E-state index is 0.0139. The van der Waals surface area contributed by atoms with E-state index in [1.807, 2.05) is 18.2 Å². The van der Waals surface area contributed by atoms with E-state index < -0.39 is 17.7 Å². The Labute approximate surface area is 251 Å². The number of carbonyl (C=O) groups is 1. The molecule has 0 spiro atoms. The lowest BCUT2D eigenvalue weighted by molar-refractivity contribution is -0.137. The van der Waals surface area contributed by atoms with Gasteiger partial charge in [-0.2, -0.15) is 13.2 Å². The number of carboxylic acids is 1. The van der Waals surface area contributed by atoms with Crippen LogP contribution in [0.3, 0.4) is 0 Å². The van der Waals surface area contributed by atoms with Gasteiger partial charge in [-0.25, -0.2) is 9.78 Å². The van der Waals surface area contributed by atoms with Crippen molar-refractivity contribution in [3.8, 4) is 28.3 Å². The molecule has 0 amide bonds. The molecule has 0 radical (unpaired) electrons. The van der Waals surface area contributed by atoms with Crippen LogP contribution in [0.15, 0.2) is 84.9 Å². The van der Waals surface area contributed by atoms with Crippen LogP contribution in [0.1, 0.15) is 59.6 Å². The molecule has 1 aliphatic carbocycles. The average molecular weight is 605 g/mol. The van der Waals surface area contributed by atoms with Crippen LogP contribution in [-0.2, 0) is 12.8 Å². The topological polar surface area (TPSA) is 64.3 Å². The maximum absolute atomic E-state index is 13.8. The standard InChI is InChI=1S/C34H28ClF3N2O3/c35-24-13-16-27(28-8-4-5-9-29(28)34(36,37)38)23(18-24)20-43-26-14-10-21(11-15-26)32-39-30-19-22(33(41)42)12-17-31(30)40(32)25-6-2-1-3-7-25/h4-5,8-19,25H,1-3,6-7,20H2,(H,41,42). The molecule has 9 heteroatoms. The van der Waals surface area contributed by atoms with Gasteiger partial charge in [0.2, 0.25) is 0 Å². The molecule has 1 N–H and O–H groups in total. The van der Waals surface area contributed by atoms with Crippen molar-refractivity contribution in [1.29, 1.82) is 0 Å². The lowest BCUT2D eigenvalue weighted by atomic mass is 9.94. The molecule has 0 bridgehead atoms. The Morgan fingerprint density at radius 3 is 2.40 bits per heavy atom. The second-order valence-corrected chi connectivity index (χ2v) is 11.2. The summed E-state index contributed by atoms with van der Waals surface area (Å²) in [6.07, 6.45) is 1.00. The molecule has 4 aromatic carbocycles. The van der Waals surface area contributed by atoms with Gasteiger partial charge in [0.05, 0.1) is 22.2 Å². The zero-order valence-corrected chi connectivity index (χ0v) is 23.8. The Morgan fingerprint density at radius 1 is 0.930 bits per heavy atom. The van der Waals surface area contributed by atoms with Crippen molar-refractivity contribution in [3.63, 3.8) is 0 Å². The SMILES string of the molecule is O=C(O)c1ccc2c(c1)nc(-c1ccc(OCc3cc(Cl)ccc3-c3ccccc3C(F)(F)F)cc1)n2C1CCCCC1. The first kappa shape index (κ1) is 28.8. The Morgan fingerprint density at radius 2 is 1.67 bits per heavy atom. The van der Waals surface area contributed by atoms with Crippen molar-refractivity contribution < 1.29 is 27.8 Å².